The van der Waals surface area contributed by atoms with Crippen molar-refractivity contribution in [2.75, 3.05) is 20.3 Å². The fourth-order valence-electron chi connectivity index (χ4n) is 2.42. The average Bonchev–Trinajstić information content (AvgIpc) is 2.74. The Morgan fingerprint density at radius 1 is 1.23 bits per heavy atom. The highest BCUT2D eigenvalue weighted by atomic mass is 79.9. The lowest BCUT2D eigenvalue weighted by atomic mass is 10.2. The van der Waals surface area contributed by atoms with Gasteiger partial charge in [0.05, 0.1) is 24.4 Å². The normalized spacial score (nSPS) is 14.2. The van der Waals surface area contributed by atoms with E-state index >= 15 is 0 Å². The van der Waals surface area contributed by atoms with E-state index in [9.17, 15) is 0 Å². The molecule has 1 aliphatic rings. The summed E-state index contributed by atoms with van der Waals surface area (Å²) in [6.07, 6.45) is 0.923. The molecular formula is C16H19BrN2O2S. The van der Waals surface area contributed by atoms with Crippen molar-refractivity contribution in [2.24, 2.45) is 0 Å². The summed E-state index contributed by atoms with van der Waals surface area (Å²) in [6, 6.07) is 4.10. The zero-order chi connectivity index (χ0) is 15.5. The predicted molar refractivity (Wildman–Crippen MR) is 91.8 cm³/mol. The second-order valence-corrected chi connectivity index (χ2v) is 7.27. The number of fused-ring (bicyclic) bond motifs is 1. The maximum absolute atomic E-state index is 5.78. The molecule has 1 aromatic carbocycles. The average molecular weight is 383 g/mol. The van der Waals surface area contributed by atoms with E-state index in [0.717, 1.165) is 41.2 Å². The summed E-state index contributed by atoms with van der Waals surface area (Å²) in [5.41, 5.74) is 4.23. The monoisotopic (exact) mass is 382 g/mol. The van der Waals surface area contributed by atoms with E-state index in [0.29, 0.717) is 13.2 Å². The summed E-state index contributed by atoms with van der Waals surface area (Å²) in [7, 11) is 2.12. The Morgan fingerprint density at radius 2 is 1.95 bits per heavy atom. The fourth-order valence-corrected chi connectivity index (χ4v) is 3.72. The van der Waals surface area contributed by atoms with Crippen molar-refractivity contribution in [2.45, 2.75) is 26.4 Å². The van der Waals surface area contributed by atoms with Crippen LogP contribution in [0.3, 0.4) is 0 Å². The number of rotatable bonds is 4. The summed E-state index contributed by atoms with van der Waals surface area (Å²) in [4.78, 5) is 7.90. The maximum Gasteiger partial charge on any atom is 0.162 e. The third-order valence-corrected chi connectivity index (χ3v) is 5.27. The van der Waals surface area contributed by atoms with Crippen molar-refractivity contribution in [3.05, 3.63) is 38.3 Å². The lowest BCUT2D eigenvalue weighted by Crippen LogP contribution is -2.17. The lowest BCUT2D eigenvalue weighted by Gasteiger charge is -2.18. The van der Waals surface area contributed by atoms with E-state index in [-0.39, 0.29) is 0 Å². The molecule has 0 unspecified atom stereocenters. The first-order valence-electron chi connectivity index (χ1n) is 7.29. The smallest absolute Gasteiger partial charge is 0.162 e. The van der Waals surface area contributed by atoms with E-state index in [4.69, 9.17) is 9.47 Å². The molecule has 0 radical (unpaired) electrons. The van der Waals surface area contributed by atoms with E-state index in [1.807, 2.05) is 11.6 Å². The number of benzene rings is 1. The second kappa shape index (κ2) is 6.98. The summed E-state index contributed by atoms with van der Waals surface area (Å²) in [5, 5.41) is 0. The number of thiazole rings is 1. The van der Waals surface area contributed by atoms with Gasteiger partial charge in [-0.05, 0) is 31.7 Å². The number of halogens is 1. The number of hydrogen-bond acceptors (Lipinski definition) is 5. The van der Waals surface area contributed by atoms with E-state index in [1.165, 1.54) is 10.4 Å². The molecule has 0 spiro atoms. The molecule has 0 N–H and O–H groups in total. The van der Waals surface area contributed by atoms with Crippen LogP contribution in [0.2, 0.25) is 0 Å². The van der Waals surface area contributed by atoms with Crippen LogP contribution in [0.4, 0.5) is 0 Å². The summed E-state index contributed by atoms with van der Waals surface area (Å²) >= 11 is 5.36. The first kappa shape index (κ1) is 15.8. The molecule has 118 valence electrons. The molecule has 2 heterocycles. The molecule has 0 saturated carbocycles. The van der Waals surface area contributed by atoms with Crippen LogP contribution in [-0.4, -0.2) is 30.1 Å². The standard InChI is InChI=1S/C16H19BrN2O2S/c1-11-16(22-10-18-11)9-19(2)8-12-6-14-15(7-13(12)17)21-5-3-4-20-14/h6-7,10H,3-5,8-9H2,1-2H3. The Hall–Kier alpha value is -1.11. The van der Waals surface area contributed by atoms with Gasteiger partial charge in [0.1, 0.15) is 0 Å². The maximum atomic E-state index is 5.78. The van der Waals surface area contributed by atoms with Crippen LogP contribution in [0.5, 0.6) is 11.5 Å². The molecule has 0 saturated heterocycles. The van der Waals surface area contributed by atoms with Crippen LogP contribution in [0.1, 0.15) is 22.6 Å². The molecule has 0 aliphatic carbocycles. The van der Waals surface area contributed by atoms with Crippen LogP contribution >= 0.6 is 27.3 Å². The number of nitrogens with zero attached hydrogens (tertiary/aromatic N) is 2. The third kappa shape index (κ3) is 3.62. The van der Waals surface area contributed by atoms with Crippen LogP contribution in [0.25, 0.3) is 0 Å². The van der Waals surface area contributed by atoms with Gasteiger partial charge in [0.2, 0.25) is 0 Å². The molecular weight excluding hydrogens is 364 g/mol. The highest BCUT2D eigenvalue weighted by Gasteiger charge is 2.15. The topological polar surface area (TPSA) is 34.6 Å². The molecule has 1 aliphatic heterocycles. The van der Waals surface area contributed by atoms with E-state index in [2.05, 4.69) is 45.9 Å². The van der Waals surface area contributed by atoms with E-state index in [1.54, 1.807) is 11.3 Å². The molecule has 2 aromatic rings. The summed E-state index contributed by atoms with van der Waals surface area (Å²) in [6.45, 7) is 5.22. The van der Waals surface area contributed by atoms with Gasteiger partial charge in [-0.2, -0.15) is 0 Å². The van der Waals surface area contributed by atoms with Gasteiger partial charge in [-0.25, -0.2) is 4.98 Å². The van der Waals surface area contributed by atoms with Crippen molar-refractivity contribution < 1.29 is 9.47 Å². The van der Waals surface area contributed by atoms with Crippen LogP contribution in [-0.2, 0) is 13.1 Å². The lowest BCUT2D eigenvalue weighted by molar-refractivity contribution is 0.296. The van der Waals surface area contributed by atoms with Crippen LogP contribution in [0, 0.1) is 6.92 Å². The minimum absolute atomic E-state index is 0.712. The van der Waals surface area contributed by atoms with Gasteiger partial charge in [0.25, 0.3) is 0 Å². The second-order valence-electron chi connectivity index (χ2n) is 5.47. The quantitative estimate of drug-likeness (QED) is 0.799. The summed E-state index contributed by atoms with van der Waals surface area (Å²) in [5.74, 6) is 1.67. The van der Waals surface area contributed by atoms with Gasteiger partial charge in [-0.3, -0.25) is 4.90 Å². The molecule has 6 heteroatoms. The SMILES string of the molecule is Cc1ncsc1CN(C)Cc1cc2c(cc1Br)OCCCO2. The molecule has 0 fully saturated rings. The van der Waals surface area contributed by atoms with Gasteiger partial charge in [0, 0.05) is 28.9 Å². The molecule has 4 nitrogen and oxygen atoms in total. The number of aryl methyl sites for hydroxylation is 1. The summed E-state index contributed by atoms with van der Waals surface area (Å²) < 4.78 is 12.6. The molecule has 3 rings (SSSR count). The van der Waals surface area contributed by atoms with Gasteiger partial charge in [0.15, 0.2) is 11.5 Å². The minimum Gasteiger partial charge on any atom is -0.490 e. The van der Waals surface area contributed by atoms with Crippen molar-refractivity contribution in [1.29, 1.82) is 0 Å². The third-order valence-electron chi connectivity index (χ3n) is 3.62. The largest absolute Gasteiger partial charge is 0.490 e. The van der Waals surface area contributed by atoms with Crippen molar-refractivity contribution in [1.82, 2.24) is 9.88 Å². The Morgan fingerprint density at radius 3 is 2.64 bits per heavy atom. The predicted octanol–water partition coefficient (Wildman–Crippen LogP) is 4.01. The molecule has 1 aromatic heterocycles. The zero-order valence-corrected chi connectivity index (χ0v) is 15.2. The minimum atomic E-state index is 0.712. The highest BCUT2D eigenvalue weighted by molar-refractivity contribution is 9.10. The Balaban J connectivity index is 1.74. The van der Waals surface area contributed by atoms with Gasteiger partial charge in [-0.1, -0.05) is 15.9 Å². The number of ether oxygens (including phenoxy) is 2. The molecule has 0 bridgehead atoms. The number of hydrogen-bond donors (Lipinski definition) is 0. The van der Waals surface area contributed by atoms with Crippen LogP contribution < -0.4 is 9.47 Å². The Bertz CT molecular complexity index is 660. The Labute approximate surface area is 143 Å². The molecule has 22 heavy (non-hydrogen) atoms. The van der Waals surface area contributed by atoms with Gasteiger partial charge in [-0.15, -0.1) is 11.3 Å². The van der Waals surface area contributed by atoms with Crippen LogP contribution in [0.15, 0.2) is 22.1 Å². The van der Waals surface area contributed by atoms with Gasteiger partial charge < -0.3 is 9.47 Å². The zero-order valence-electron chi connectivity index (χ0n) is 12.8. The Kier molecular flexibility index (Phi) is 5.00. The van der Waals surface area contributed by atoms with Crippen molar-refractivity contribution in [3.8, 4) is 11.5 Å². The van der Waals surface area contributed by atoms with Crippen molar-refractivity contribution in [3.63, 3.8) is 0 Å². The van der Waals surface area contributed by atoms with Crippen molar-refractivity contribution >= 4 is 27.3 Å². The first-order valence-corrected chi connectivity index (χ1v) is 8.96. The van der Waals surface area contributed by atoms with E-state index < -0.39 is 0 Å². The first-order chi connectivity index (χ1) is 10.6. The fraction of sp³-hybridized carbons (Fsp3) is 0.438. The van der Waals surface area contributed by atoms with Gasteiger partial charge >= 0.3 is 0 Å². The molecule has 0 amide bonds. The highest BCUT2D eigenvalue weighted by Crippen LogP contribution is 2.35. The molecule has 0 atom stereocenters. The number of aromatic nitrogens is 1.